The third kappa shape index (κ3) is 1.51. The van der Waals surface area contributed by atoms with Gasteiger partial charge in [0.2, 0.25) is 0 Å². The maximum Gasteiger partial charge on any atom is 0.0570 e. The molecule has 2 saturated carbocycles. The zero-order valence-electron chi connectivity index (χ0n) is 8.52. The van der Waals surface area contributed by atoms with Crippen molar-refractivity contribution in [3.8, 4) is 0 Å². The quantitative estimate of drug-likeness (QED) is 0.662. The number of hydrogen-bond donors (Lipinski definition) is 2. The molecule has 0 saturated heterocycles. The van der Waals surface area contributed by atoms with Crippen molar-refractivity contribution in [2.24, 2.45) is 17.8 Å². The van der Waals surface area contributed by atoms with E-state index in [0.717, 1.165) is 30.6 Å². The molecule has 2 fully saturated rings. The van der Waals surface area contributed by atoms with Crippen LogP contribution in [0.1, 0.15) is 25.7 Å². The molecule has 0 aliphatic heterocycles. The molecule has 14 heavy (non-hydrogen) atoms. The summed E-state index contributed by atoms with van der Waals surface area (Å²) in [5.74, 6) is 2.62. The van der Waals surface area contributed by atoms with Gasteiger partial charge >= 0.3 is 0 Å². The molecular formula is C12H19NO. The molecule has 0 aromatic heterocycles. The predicted molar refractivity (Wildman–Crippen MR) is 55.9 cm³/mol. The van der Waals surface area contributed by atoms with Crippen LogP contribution in [0.4, 0.5) is 0 Å². The Kier molecular flexibility index (Phi) is 2.14. The van der Waals surface area contributed by atoms with E-state index in [-0.39, 0.29) is 6.10 Å². The summed E-state index contributed by atoms with van der Waals surface area (Å²) in [7, 11) is 0. The summed E-state index contributed by atoms with van der Waals surface area (Å²) >= 11 is 0. The van der Waals surface area contributed by atoms with Gasteiger partial charge in [0, 0.05) is 6.04 Å². The minimum absolute atomic E-state index is 0.0209. The zero-order valence-corrected chi connectivity index (χ0v) is 8.52. The standard InChI is InChI=1S/C12H19NO/c14-12-5-11(6-12)13-7-10-4-8-1-2-9(10)3-8/h1-2,8-14H,3-7H2. The Balaban J connectivity index is 1.43. The highest BCUT2D eigenvalue weighted by Gasteiger charge is 2.36. The van der Waals surface area contributed by atoms with Crippen molar-refractivity contribution < 1.29 is 5.11 Å². The first-order chi connectivity index (χ1) is 6.81. The van der Waals surface area contributed by atoms with Crippen molar-refractivity contribution in [3.63, 3.8) is 0 Å². The lowest BCUT2D eigenvalue weighted by Gasteiger charge is -2.33. The second-order valence-corrected chi connectivity index (χ2v) is 5.27. The maximum absolute atomic E-state index is 9.16. The van der Waals surface area contributed by atoms with Gasteiger partial charge in [-0.15, -0.1) is 0 Å². The molecule has 3 aliphatic rings. The Hall–Kier alpha value is -0.340. The molecule has 0 heterocycles. The monoisotopic (exact) mass is 193 g/mol. The average Bonchev–Trinajstić information content (AvgIpc) is 2.71. The Morgan fingerprint density at radius 3 is 2.57 bits per heavy atom. The molecule has 0 aromatic carbocycles. The van der Waals surface area contributed by atoms with E-state index in [0.29, 0.717) is 6.04 Å². The van der Waals surface area contributed by atoms with Crippen LogP contribution < -0.4 is 5.32 Å². The van der Waals surface area contributed by atoms with Crippen LogP contribution in [0.5, 0.6) is 0 Å². The summed E-state index contributed by atoms with van der Waals surface area (Å²) < 4.78 is 0. The summed E-state index contributed by atoms with van der Waals surface area (Å²) in [6, 6.07) is 0.605. The van der Waals surface area contributed by atoms with Gasteiger partial charge in [0.1, 0.15) is 0 Å². The largest absolute Gasteiger partial charge is 0.393 e. The lowest BCUT2D eigenvalue weighted by atomic mass is 9.88. The lowest BCUT2D eigenvalue weighted by Crippen LogP contribution is -2.46. The van der Waals surface area contributed by atoms with Gasteiger partial charge in [-0.2, -0.15) is 0 Å². The van der Waals surface area contributed by atoms with E-state index in [1.165, 1.54) is 19.4 Å². The van der Waals surface area contributed by atoms with Crippen LogP contribution in [0.3, 0.4) is 0 Å². The highest BCUT2D eigenvalue weighted by molar-refractivity contribution is 5.10. The van der Waals surface area contributed by atoms with E-state index < -0.39 is 0 Å². The molecule has 78 valence electrons. The van der Waals surface area contributed by atoms with Crippen LogP contribution in [0.25, 0.3) is 0 Å². The Morgan fingerprint density at radius 2 is 2.00 bits per heavy atom. The van der Waals surface area contributed by atoms with Crippen LogP contribution in [-0.2, 0) is 0 Å². The van der Waals surface area contributed by atoms with Crippen molar-refractivity contribution in [2.45, 2.75) is 37.8 Å². The van der Waals surface area contributed by atoms with Gasteiger partial charge in [-0.1, -0.05) is 12.2 Å². The van der Waals surface area contributed by atoms with Gasteiger partial charge in [0.15, 0.2) is 0 Å². The van der Waals surface area contributed by atoms with Gasteiger partial charge in [-0.05, 0) is 50.0 Å². The molecule has 3 aliphatic carbocycles. The Labute approximate surface area is 85.4 Å². The van der Waals surface area contributed by atoms with Crippen LogP contribution in [0, 0.1) is 17.8 Å². The van der Waals surface area contributed by atoms with E-state index in [4.69, 9.17) is 5.11 Å². The third-order valence-electron chi connectivity index (χ3n) is 4.20. The van der Waals surface area contributed by atoms with Gasteiger partial charge < -0.3 is 10.4 Å². The molecule has 0 spiro atoms. The molecule has 0 aromatic rings. The molecule has 2 N–H and O–H groups in total. The Bertz CT molecular complexity index is 245. The molecule has 2 nitrogen and oxygen atoms in total. The molecular weight excluding hydrogens is 174 g/mol. The second-order valence-electron chi connectivity index (χ2n) is 5.27. The van der Waals surface area contributed by atoms with Gasteiger partial charge in [-0.3, -0.25) is 0 Å². The first kappa shape index (κ1) is 8.93. The maximum atomic E-state index is 9.16. The predicted octanol–water partition coefficient (Wildman–Crippen LogP) is 1.31. The minimum Gasteiger partial charge on any atom is -0.393 e. The van der Waals surface area contributed by atoms with E-state index in [1.807, 2.05) is 0 Å². The first-order valence-electron chi connectivity index (χ1n) is 5.91. The van der Waals surface area contributed by atoms with Gasteiger partial charge in [0.25, 0.3) is 0 Å². The van der Waals surface area contributed by atoms with Crippen LogP contribution in [0.2, 0.25) is 0 Å². The van der Waals surface area contributed by atoms with E-state index in [9.17, 15) is 0 Å². The summed E-state index contributed by atoms with van der Waals surface area (Å²) in [5, 5.41) is 12.7. The first-order valence-corrected chi connectivity index (χ1v) is 5.91. The molecule has 2 bridgehead atoms. The molecule has 0 amide bonds. The molecule has 2 heteroatoms. The van der Waals surface area contributed by atoms with Crippen molar-refractivity contribution in [1.29, 1.82) is 0 Å². The number of aliphatic hydroxyl groups is 1. The summed E-state index contributed by atoms with van der Waals surface area (Å²) in [4.78, 5) is 0. The minimum atomic E-state index is -0.0209. The summed E-state index contributed by atoms with van der Waals surface area (Å²) in [6.07, 6.45) is 9.52. The number of nitrogens with one attached hydrogen (secondary N) is 1. The topological polar surface area (TPSA) is 32.3 Å². The molecule has 3 atom stereocenters. The fourth-order valence-corrected chi connectivity index (χ4v) is 3.20. The summed E-state index contributed by atoms with van der Waals surface area (Å²) in [6.45, 7) is 1.17. The van der Waals surface area contributed by atoms with E-state index >= 15 is 0 Å². The van der Waals surface area contributed by atoms with Crippen molar-refractivity contribution >= 4 is 0 Å². The smallest absolute Gasteiger partial charge is 0.0570 e. The van der Waals surface area contributed by atoms with Crippen LogP contribution >= 0.6 is 0 Å². The fraction of sp³-hybridized carbons (Fsp3) is 0.833. The SMILES string of the molecule is OC1CC(NCC2CC3C=CC2C3)C1. The molecule has 0 radical (unpaired) electrons. The normalized spacial score (nSPS) is 49.6. The number of hydrogen-bond acceptors (Lipinski definition) is 2. The number of aliphatic hydroxyl groups excluding tert-OH is 1. The third-order valence-corrected chi connectivity index (χ3v) is 4.20. The summed E-state index contributed by atoms with van der Waals surface area (Å²) in [5.41, 5.74) is 0. The van der Waals surface area contributed by atoms with Crippen molar-refractivity contribution in [1.82, 2.24) is 5.32 Å². The highest BCUT2D eigenvalue weighted by atomic mass is 16.3. The zero-order chi connectivity index (χ0) is 9.54. The fourth-order valence-electron chi connectivity index (χ4n) is 3.20. The number of allylic oxidation sites excluding steroid dienone is 2. The van der Waals surface area contributed by atoms with Crippen LogP contribution in [-0.4, -0.2) is 23.8 Å². The second kappa shape index (κ2) is 3.35. The van der Waals surface area contributed by atoms with Crippen molar-refractivity contribution in [3.05, 3.63) is 12.2 Å². The molecule has 3 unspecified atom stereocenters. The van der Waals surface area contributed by atoms with E-state index in [2.05, 4.69) is 17.5 Å². The highest BCUT2D eigenvalue weighted by Crippen LogP contribution is 2.43. The van der Waals surface area contributed by atoms with Crippen LogP contribution in [0.15, 0.2) is 12.2 Å². The Morgan fingerprint density at radius 1 is 1.14 bits per heavy atom. The number of fused-ring (bicyclic) bond motifs is 2. The molecule has 3 rings (SSSR count). The lowest BCUT2D eigenvalue weighted by molar-refractivity contribution is 0.0604. The van der Waals surface area contributed by atoms with Crippen molar-refractivity contribution in [2.75, 3.05) is 6.54 Å². The van der Waals surface area contributed by atoms with Gasteiger partial charge in [0.05, 0.1) is 6.10 Å². The van der Waals surface area contributed by atoms with E-state index in [1.54, 1.807) is 0 Å². The number of rotatable bonds is 3. The average molecular weight is 193 g/mol. The van der Waals surface area contributed by atoms with Gasteiger partial charge in [-0.25, -0.2) is 0 Å².